The molecule has 0 aliphatic carbocycles. The molecule has 1 rings (SSSR count). The van der Waals surface area contributed by atoms with Gasteiger partial charge in [-0.2, -0.15) is 0 Å². The fourth-order valence-corrected chi connectivity index (χ4v) is 3.38. The van der Waals surface area contributed by atoms with Gasteiger partial charge < -0.3 is 5.73 Å². The zero-order valence-corrected chi connectivity index (χ0v) is 14.8. The summed E-state index contributed by atoms with van der Waals surface area (Å²) in [6.45, 7) is 13.1. The number of hydrogen-bond donors (Lipinski definition) is 1. The van der Waals surface area contributed by atoms with Gasteiger partial charge in [-0.1, -0.05) is 59.6 Å². The summed E-state index contributed by atoms with van der Waals surface area (Å²) in [6.07, 6.45) is 6.79. The Bertz CT molecular complexity index is 263. The van der Waals surface area contributed by atoms with E-state index in [1.54, 1.807) is 0 Å². The molecule has 0 aliphatic heterocycles. The van der Waals surface area contributed by atoms with E-state index in [4.69, 9.17) is 5.73 Å². The molecule has 0 aromatic heterocycles. The highest BCUT2D eigenvalue weighted by atomic mass is 31.1. The van der Waals surface area contributed by atoms with Gasteiger partial charge in [-0.05, 0) is 43.1 Å². The van der Waals surface area contributed by atoms with Crippen molar-refractivity contribution in [3.63, 3.8) is 0 Å². The number of rotatable bonds is 5. The molecule has 0 radical (unpaired) electrons. The molecule has 0 saturated carbocycles. The molecule has 0 aliphatic rings. The minimum atomic E-state index is 0.419. The minimum Gasteiger partial charge on any atom is -0.399 e. The first-order valence-corrected chi connectivity index (χ1v) is 9.82. The number of anilines is 1. The summed E-state index contributed by atoms with van der Waals surface area (Å²) in [6, 6.07) is 7.96. The van der Waals surface area contributed by atoms with E-state index < -0.39 is 0 Å². The highest BCUT2D eigenvalue weighted by Gasteiger charge is 1.94. The van der Waals surface area contributed by atoms with Crippen LogP contribution in [0.2, 0.25) is 0 Å². The van der Waals surface area contributed by atoms with Gasteiger partial charge in [-0.25, -0.2) is 0 Å². The van der Waals surface area contributed by atoms with Gasteiger partial charge in [0, 0.05) is 5.69 Å². The largest absolute Gasteiger partial charge is 0.399 e. The summed E-state index contributed by atoms with van der Waals surface area (Å²) < 4.78 is 0. The van der Waals surface area contributed by atoms with Crippen LogP contribution >= 0.6 is 7.92 Å². The second kappa shape index (κ2) is 15.5. The van der Waals surface area contributed by atoms with Crippen molar-refractivity contribution in [2.75, 3.05) is 24.7 Å². The maximum Gasteiger partial charge on any atom is 0.0314 e. The van der Waals surface area contributed by atoms with Crippen LogP contribution in [0.25, 0.3) is 0 Å². The average molecular weight is 283 g/mol. The zero-order valence-electron chi connectivity index (χ0n) is 13.9. The van der Waals surface area contributed by atoms with Gasteiger partial charge in [-0.15, -0.1) is 7.92 Å². The monoisotopic (exact) mass is 283 g/mol. The van der Waals surface area contributed by atoms with Crippen LogP contribution in [0.5, 0.6) is 0 Å². The van der Waals surface area contributed by atoms with Crippen molar-refractivity contribution in [2.45, 2.75) is 53.9 Å². The Morgan fingerprint density at radius 3 is 1.63 bits per heavy atom. The summed E-state index contributed by atoms with van der Waals surface area (Å²) in [7, 11) is 0.419. The van der Waals surface area contributed by atoms with Crippen molar-refractivity contribution in [1.29, 1.82) is 0 Å². The molecule has 2 heteroatoms. The molecule has 0 spiro atoms. The third kappa shape index (κ3) is 13.7. The smallest absolute Gasteiger partial charge is 0.0314 e. The van der Waals surface area contributed by atoms with E-state index in [1.165, 1.54) is 30.7 Å². The quantitative estimate of drug-likeness (QED) is 0.538. The highest BCUT2D eigenvalue weighted by molar-refractivity contribution is 7.56. The Labute approximate surface area is 122 Å². The predicted molar refractivity (Wildman–Crippen MR) is 94.7 cm³/mol. The van der Waals surface area contributed by atoms with Crippen molar-refractivity contribution in [2.24, 2.45) is 0 Å². The lowest BCUT2D eigenvalue weighted by atomic mass is 10.2. The van der Waals surface area contributed by atoms with Gasteiger partial charge in [0.25, 0.3) is 0 Å². The van der Waals surface area contributed by atoms with Crippen molar-refractivity contribution in [3.8, 4) is 0 Å². The third-order valence-electron chi connectivity index (χ3n) is 2.60. The standard InChI is InChI=1S/C8H11N.C7H17P.C2H6/c1-2-7-3-5-8(9)6-4-7;1-4-6-8(3)7-5-2;1-2/h3-6H,2,9H2,1H3;4-7H2,1-3H3;1-2H3. The summed E-state index contributed by atoms with van der Waals surface area (Å²) >= 11 is 0. The molecule has 0 amide bonds. The number of benzene rings is 1. The molecular formula is C17H34NP. The van der Waals surface area contributed by atoms with Gasteiger partial charge in [0.05, 0.1) is 0 Å². The lowest BCUT2D eigenvalue weighted by molar-refractivity contribution is 1.06. The highest BCUT2D eigenvalue weighted by Crippen LogP contribution is 2.31. The summed E-state index contributed by atoms with van der Waals surface area (Å²) in [4.78, 5) is 0. The van der Waals surface area contributed by atoms with Gasteiger partial charge in [0.15, 0.2) is 0 Å². The first-order chi connectivity index (χ1) is 9.13. The fraction of sp³-hybridized carbons (Fsp3) is 0.647. The molecule has 19 heavy (non-hydrogen) atoms. The lowest BCUT2D eigenvalue weighted by Gasteiger charge is -2.06. The Balaban J connectivity index is 0. The molecule has 0 bridgehead atoms. The molecule has 0 fully saturated rings. The van der Waals surface area contributed by atoms with E-state index in [1.807, 2.05) is 26.0 Å². The van der Waals surface area contributed by atoms with E-state index in [0.29, 0.717) is 7.92 Å². The molecular weight excluding hydrogens is 249 g/mol. The second-order valence-electron chi connectivity index (χ2n) is 4.40. The van der Waals surface area contributed by atoms with Crippen molar-refractivity contribution < 1.29 is 0 Å². The van der Waals surface area contributed by atoms with E-state index in [0.717, 1.165) is 12.1 Å². The summed E-state index contributed by atoms with van der Waals surface area (Å²) in [5.74, 6) is 0. The third-order valence-corrected chi connectivity index (χ3v) is 5.02. The van der Waals surface area contributed by atoms with E-state index in [2.05, 4.69) is 39.6 Å². The Kier molecular flexibility index (Phi) is 16.9. The zero-order chi connectivity index (χ0) is 15.1. The molecule has 2 N–H and O–H groups in total. The maximum absolute atomic E-state index is 5.48. The summed E-state index contributed by atoms with van der Waals surface area (Å²) in [5, 5.41) is 0. The van der Waals surface area contributed by atoms with E-state index in [9.17, 15) is 0 Å². The summed E-state index contributed by atoms with van der Waals surface area (Å²) in [5.41, 5.74) is 7.66. The molecule has 0 heterocycles. The number of nitrogens with two attached hydrogens (primary N) is 1. The van der Waals surface area contributed by atoms with Gasteiger partial charge in [0.2, 0.25) is 0 Å². The normalized spacial score (nSPS) is 9.21. The SMILES string of the molecule is CC.CCCP(C)CCC.CCc1ccc(N)cc1. The first-order valence-electron chi connectivity index (χ1n) is 7.66. The van der Waals surface area contributed by atoms with E-state index >= 15 is 0 Å². The minimum absolute atomic E-state index is 0.419. The number of nitrogen functional groups attached to an aromatic ring is 1. The van der Waals surface area contributed by atoms with Crippen LogP contribution in [0.1, 0.15) is 53.0 Å². The molecule has 0 unspecified atom stereocenters. The number of aryl methyl sites for hydroxylation is 1. The van der Waals surface area contributed by atoms with E-state index in [-0.39, 0.29) is 0 Å². The topological polar surface area (TPSA) is 26.0 Å². The van der Waals surface area contributed by atoms with Crippen LogP contribution < -0.4 is 5.73 Å². The van der Waals surface area contributed by atoms with Gasteiger partial charge in [-0.3, -0.25) is 0 Å². The van der Waals surface area contributed by atoms with Crippen molar-refractivity contribution in [3.05, 3.63) is 29.8 Å². The molecule has 0 atom stereocenters. The van der Waals surface area contributed by atoms with Crippen LogP contribution in [0, 0.1) is 0 Å². The predicted octanol–water partition coefficient (Wildman–Crippen LogP) is 5.78. The number of hydrogen-bond acceptors (Lipinski definition) is 1. The maximum atomic E-state index is 5.48. The average Bonchev–Trinajstić information content (AvgIpc) is 2.43. The molecule has 1 aromatic carbocycles. The lowest BCUT2D eigenvalue weighted by Crippen LogP contribution is -1.84. The second-order valence-corrected chi connectivity index (χ2v) is 7.00. The first kappa shape index (κ1) is 20.8. The van der Waals surface area contributed by atoms with Gasteiger partial charge in [0.1, 0.15) is 0 Å². The van der Waals surface area contributed by atoms with Crippen molar-refractivity contribution >= 4 is 13.6 Å². The van der Waals surface area contributed by atoms with Crippen LogP contribution in [0.15, 0.2) is 24.3 Å². The molecule has 1 aromatic rings. The van der Waals surface area contributed by atoms with Gasteiger partial charge >= 0.3 is 0 Å². The van der Waals surface area contributed by atoms with Crippen LogP contribution in [0.3, 0.4) is 0 Å². The van der Waals surface area contributed by atoms with Crippen LogP contribution in [-0.4, -0.2) is 19.0 Å². The van der Waals surface area contributed by atoms with Crippen molar-refractivity contribution in [1.82, 2.24) is 0 Å². The Hall–Kier alpha value is -0.550. The molecule has 112 valence electrons. The van der Waals surface area contributed by atoms with Crippen LogP contribution in [0.4, 0.5) is 5.69 Å². The molecule has 1 nitrogen and oxygen atoms in total. The fourth-order valence-electron chi connectivity index (χ4n) is 1.63. The Morgan fingerprint density at radius 2 is 1.32 bits per heavy atom. The van der Waals surface area contributed by atoms with Crippen LogP contribution in [-0.2, 0) is 6.42 Å². The molecule has 0 saturated heterocycles. The Morgan fingerprint density at radius 1 is 0.895 bits per heavy atom.